The normalized spacial score (nSPS) is 12.0. The van der Waals surface area contributed by atoms with Crippen molar-refractivity contribution in [2.45, 2.75) is 50.6 Å². The number of nitrogens with one attached hydrogen (secondary N) is 1. The van der Waals surface area contributed by atoms with Crippen LogP contribution in [0.5, 0.6) is 0 Å². The number of aryl methyl sites for hydroxylation is 1. The van der Waals surface area contributed by atoms with Crippen molar-refractivity contribution in [1.82, 2.24) is 14.8 Å². The smallest absolute Gasteiger partial charge is 0.237 e. The number of aromatic nitrogens is 3. The Labute approximate surface area is 192 Å². The number of benzene rings is 2. The Morgan fingerprint density at radius 1 is 1.03 bits per heavy atom. The van der Waals surface area contributed by atoms with E-state index in [1.165, 1.54) is 11.8 Å². The maximum absolute atomic E-state index is 13.0. The van der Waals surface area contributed by atoms with Crippen molar-refractivity contribution < 1.29 is 9.59 Å². The molecular weight excluding hydrogens is 422 g/mol. The minimum absolute atomic E-state index is 0.115. The van der Waals surface area contributed by atoms with E-state index in [9.17, 15) is 9.59 Å². The van der Waals surface area contributed by atoms with Crippen molar-refractivity contribution in [3.05, 3.63) is 60.4 Å². The van der Waals surface area contributed by atoms with Gasteiger partial charge >= 0.3 is 0 Å². The highest BCUT2D eigenvalue weighted by atomic mass is 32.2. The van der Waals surface area contributed by atoms with Gasteiger partial charge in [-0.1, -0.05) is 74.1 Å². The molecular formula is C24H29N5O2S. The molecule has 2 amide bonds. The standard InChI is InChI=1S/C24H29N5O2S/c1-16(2)15-29-22(14-13-21(25)30)27-28-24(29)32-17(3)23(31)26-20-12-8-7-11-19(20)18-9-5-4-6-10-18/h4-12,16-17H,13-15H2,1-3H3,(H2,25,30)(H,26,31). The molecule has 8 heteroatoms. The number of thioether (sulfide) groups is 1. The number of para-hydroxylation sites is 1. The van der Waals surface area contributed by atoms with Gasteiger partial charge in [0.05, 0.1) is 5.25 Å². The number of amides is 2. The lowest BCUT2D eigenvalue weighted by Crippen LogP contribution is -2.23. The summed E-state index contributed by atoms with van der Waals surface area (Å²) >= 11 is 1.36. The first-order valence-electron chi connectivity index (χ1n) is 10.7. The Morgan fingerprint density at radius 3 is 2.41 bits per heavy atom. The van der Waals surface area contributed by atoms with E-state index in [4.69, 9.17) is 5.73 Å². The van der Waals surface area contributed by atoms with Crippen molar-refractivity contribution in [3.63, 3.8) is 0 Å². The van der Waals surface area contributed by atoms with Crippen molar-refractivity contribution in [2.75, 3.05) is 5.32 Å². The van der Waals surface area contributed by atoms with Crippen LogP contribution in [0.1, 0.15) is 33.0 Å². The fourth-order valence-corrected chi connectivity index (χ4v) is 4.16. The molecule has 0 radical (unpaired) electrons. The Morgan fingerprint density at radius 2 is 1.72 bits per heavy atom. The van der Waals surface area contributed by atoms with Crippen LogP contribution in [-0.4, -0.2) is 31.8 Å². The third-order valence-corrected chi connectivity index (χ3v) is 5.94. The highest BCUT2D eigenvalue weighted by Gasteiger charge is 2.21. The van der Waals surface area contributed by atoms with Gasteiger partial charge in [0.1, 0.15) is 5.82 Å². The molecule has 0 aliphatic carbocycles. The molecule has 0 aliphatic heterocycles. The lowest BCUT2D eigenvalue weighted by atomic mass is 10.0. The number of hydrogen-bond donors (Lipinski definition) is 2. The Bertz CT molecular complexity index is 1070. The van der Waals surface area contributed by atoms with Gasteiger partial charge in [-0.2, -0.15) is 0 Å². The van der Waals surface area contributed by atoms with E-state index in [0.29, 0.717) is 29.9 Å². The SMILES string of the molecule is CC(C)Cn1c(CCC(N)=O)nnc1SC(C)C(=O)Nc1ccccc1-c1ccccc1. The molecule has 3 aromatic rings. The molecule has 3 rings (SSSR count). The van der Waals surface area contributed by atoms with E-state index in [-0.39, 0.29) is 18.2 Å². The molecule has 1 unspecified atom stereocenters. The Hall–Kier alpha value is -3.13. The minimum atomic E-state index is -0.391. The highest BCUT2D eigenvalue weighted by Crippen LogP contribution is 2.29. The summed E-state index contributed by atoms with van der Waals surface area (Å²) in [7, 11) is 0. The van der Waals surface area contributed by atoms with E-state index in [1.807, 2.05) is 66.1 Å². The summed E-state index contributed by atoms with van der Waals surface area (Å²) in [5.41, 5.74) is 8.07. The van der Waals surface area contributed by atoms with Crippen molar-refractivity contribution in [1.29, 1.82) is 0 Å². The van der Waals surface area contributed by atoms with E-state index in [2.05, 4.69) is 29.4 Å². The highest BCUT2D eigenvalue weighted by molar-refractivity contribution is 8.00. The van der Waals surface area contributed by atoms with E-state index in [0.717, 1.165) is 16.8 Å². The monoisotopic (exact) mass is 451 g/mol. The van der Waals surface area contributed by atoms with E-state index < -0.39 is 5.25 Å². The van der Waals surface area contributed by atoms with Gasteiger partial charge in [-0.15, -0.1) is 10.2 Å². The summed E-state index contributed by atoms with van der Waals surface area (Å²) in [6, 6.07) is 17.7. The molecule has 0 saturated carbocycles. The van der Waals surface area contributed by atoms with Crippen LogP contribution in [-0.2, 0) is 22.6 Å². The molecule has 3 N–H and O–H groups in total. The first kappa shape index (κ1) is 23.5. The summed E-state index contributed by atoms with van der Waals surface area (Å²) < 4.78 is 1.99. The molecule has 0 bridgehead atoms. The van der Waals surface area contributed by atoms with Crippen LogP contribution in [0.4, 0.5) is 5.69 Å². The summed E-state index contributed by atoms with van der Waals surface area (Å²) in [6.07, 6.45) is 0.647. The number of carbonyl (C=O) groups is 2. The lowest BCUT2D eigenvalue weighted by Gasteiger charge is -2.16. The number of primary amides is 1. The van der Waals surface area contributed by atoms with Gasteiger partial charge in [-0.25, -0.2) is 0 Å². The Kier molecular flexibility index (Phi) is 8.05. The molecule has 1 atom stereocenters. The largest absolute Gasteiger partial charge is 0.370 e. The van der Waals surface area contributed by atoms with Crippen LogP contribution < -0.4 is 11.1 Å². The van der Waals surface area contributed by atoms with Crippen LogP contribution in [0.25, 0.3) is 11.1 Å². The average molecular weight is 452 g/mol. The summed E-state index contributed by atoms with van der Waals surface area (Å²) in [6.45, 7) is 6.75. The first-order valence-corrected chi connectivity index (χ1v) is 11.6. The zero-order chi connectivity index (χ0) is 23.1. The zero-order valence-corrected chi connectivity index (χ0v) is 19.4. The molecule has 0 fully saturated rings. The first-order chi connectivity index (χ1) is 15.3. The van der Waals surface area contributed by atoms with Gasteiger partial charge in [-0.05, 0) is 24.5 Å². The van der Waals surface area contributed by atoms with Crippen molar-refractivity contribution in [2.24, 2.45) is 11.7 Å². The number of rotatable bonds is 10. The van der Waals surface area contributed by atoms with Gasteiger partial charge in [0.15, 0.2) is 5.16 Å². The van der Waals surface area contributed by atoms with Crippen LogP contribution >= 0.6 is 11.8 Å². The molecule has 0 spiro atoms. The second-order valence-corrected chi connectivity index (χ2v) is 9.34. The fraction of sp³-hybridized carbons (Fsp3) is 0.333. The fourth-order valence-electron chi connectivity index (χ4n) is 3.28. The summed E-state index contributed by atoms with van der Waals surface area (Å²) in [5, 5.41) is 11.9. The quantitative estimate of drug-likeness (QED) is 0.451. The zero-order valence-electron chi connectivity index (χ0n) is 18.6. The maximum Gasteiger partial charge on any atom is 0.237 e. The second-order valence-electron chi connectivity index (χ2n) is 8.03. The second kappa shape index (κ2) is 10.9. The molecule has 1 heterocycles. The number of carbonyl (C=O) groups excluding carboxylic acids is 2. The maximum atomic E-state index is 13.0. The predicted octanol–water partition coefficient (Wildman–Crippen LogP) is 4.14. The number of hydrogen-bond acceptors (Lipinski definition) is 5. The molecule has 168 valence electrons. The topological polar surface area (TPSA) is 103 Å². The van der Waals surface area contributed by atoms with Crippen LogP contribution in [0.2, 0.25) is 0 Å². The Balaban J connectivity index is 1.75. The molecule has 1 aromatic heterocycles. The lowest BCUT2D eigenvalue weighted by molar-refractivity contribution is -0.118. The van der Waals surface area contributed by atoms with Gasteiger partial charge < -0.3 is 15.6 Å². The van der Waals surface area contributed by atoms with Gasteiger partial charge in [0.25, 0.3) is 0 Å². The molecule has 32 heavy (non-hydrogen) atoms. The van der Waals surface area contributed by atoms with Crippen LogP contribution in [0, 0.1) is 5.92 Å². The third kappa shape index (κ3) is 6.20. The molecule has 0 aliphatic rings. The van der Waals surface area contributed by atoms with Crippen molar-refractivity contribution >= 4 is 29.3 Å². The number of nitrogens with zero attached hydrogens (tertiary/aromatic N) is 3. The molecule has 0 saturated heterocycles. The van der Waals surface area contributed by atoms with E-state index >= 15 is 0 Å². The average Bonchev–Trinajstić information content (AvgIpc) is 3.13. The van der Waals surface area contributed by atoms with Gasteiger partial charge in [0.2, 0.25) is 11.8 Å². The molecule has 7 nitrogen and oxygen atoms in total. The number of anilines is 1. The van der Waals surface area contributed by atoms with Gasteiger partial charge in [0, 0.05) is 30.6 Å². The van der Waals surface area contributed by atoms with Gasteiger partial charge in [-0.3, -0.25) is 9.59 Å². The summed E-state index contributed by atoms with van der Waals surface area (Å²) in [5.74, 6) is 0.584. The molecule has 2 aromatic carbocycles. The van der Waals surface area contributed by atoms with Crippen LogP contribution in [0.15, 0.2) is 59.8 Å². The third-order valence-electron chi connectivity index (χ3n) is 4.86. The number of nitrogens with two attached hydrogens (primary N) is 1. The van der Waals surface area contributed by atoms with E-state index in [1.54, 1.807) is 0 Å². The van der Waals surface area contributed by atoms with Crippen LogP contribution in [0.3, 0.4) is 0 Å². The minimum Gasteiger partial charge on any atom is -0.370 e. The van der Waals surface area contributed by atoms with Crippen molar-refractivity contribution in [3.8, 4) is 11.1 Å². The predicted molar refractivity (Wildman–Crippen MR) is 128 cm³/mol. The summed E-state index contributed by atoms with van der Waals surface area (Å²) in [4.78, 5) is 24.2.